The van der Waals surface area contributed by atoms with Gasteiger partial charge in [-0.05, 0) is 24.2 Å². The number of ketones is 1. The maximum atomic E-state index is 11.7. The van der Waals surface area contributed by atoms with Crippen LogP contribution in [0.5, 0.6) is 0 Å². The summed E-state index contributed by atoms with van der Waals surface area (Å²) in [5.74, 6) is 0.977. The molecule has 0 heterocycles. The van der Waals surface area contributed by atoms with E-state index < -0.39 is 0 Å². The molecule has 1 aliphatic rings. The lowest BCUT2D eigenvalue weighted by Crippen LogP contribution is -2.28. The molecule has 0 aromatic heterocycles. The highest BCUT2D eigenvalue weighted by Crippen LogP contribution is 2.38. The van der Waals surface area contributed by atoms with Crippen molar-refractivity contribution in [3.63, 3.8) is 0 Å². The predicted octanol–water partition coefficient (Wildman–Crippen LogP) is 2.85. The summed E-state index contributed by atoms with van der Waals surface area (Å²) in [6.45, 7) is 6.79. The van der Waals surface area contributed by atoms with E-state index in [-0.39, 0.29) is 0 Å². The van der Waals surface area contributed by atoms with E-state index in [1.54, 1.807) is 0 Å². The van der Waals surface area contributed by atoms with Crippen LogP contribution in [0.1, 0.15) is 40.0 Å². The molecule has 0 aromatic rings. The molecule has 0 unspecified atom stereocenters. The number of nitrogens with zero attached hydrogens (tertiary/aromatic N) is 1. The van der Waals surface area contributed by atoms with Gasteiger partial charge in [-0.1, -0.05) is 20.8 Å². The molecule has 1 atom stereocenters. The second-order valence-electron chi connectivity index (χ2n) is 5.85. The minimum atomic E-state index is 0.312. The van der Waals surface area contributed by atoms with Gasteiger partial charge in [-0.2, -0.15) is 0 Å². The highest BCUT2D eigenvalue weighted by molar-refractivity contribution is 5.95. The van der Waals surface area contributed by atoms with Gasteiger partial charge >= 0.3 is 0 Å². The zero-order valence-electron chi connectivity index (χ0n) is 10.6. The summed E-state index contributed by atoms with van der Waals surface area (Å²) < 4.78 is 0. The molecule has 1 saturated carbocycles. The first-order valence-electron chi connectivity index (χ1n) is 5.71. The Balaban J connectivity index is 2.77. The Morgan fingerprint density at radius 2 is 1.93 bits per heavy atom. The number of allylic oxidation sites excluding steroid dienone is 1. The van der Waals surface area contributed by atoms with Crippen LogP contribution >= 0.6 is 0 Å². The zero-order valence-corrected chi connectivity index (χ0v) is 10.6. The molecule has 0 aromatic carbocycles. The molecule has 2 nitrogen and oxygen atoms in total. The quantitative estimate of drug-likeness (QED) is 0.619. The van der Waals surface area contributed by atoms with Crippen molar-refractivity contribution in [1.82, 2.24) is 4.90 Å². The molecule has 86 valence electrons. The third-order valence-corrected chi connectivity index (χ3v) is 3.18. The minimum absolute atomic E-state index is 0.312. The molecule has 0 aliphatic heterocycles. The van der Waals surface area contributed by atoms with E-state index in [4.69, 9.17) is 0 Å². The van der Waals surface area contributed by atoms with Crippen molar-refractivity contribution >= 4 is 5.78 Å². The predicted molar refractivity (Wildman–Crippen MR) is 63.6 cm³/mol. The molecule has 1 rings (SSSR count). The van der Waals surface area contributed by atoms with Crippen LogP contribution in [0.3, 0.4) is 0 Å². The van der Waals surface area contributed by atoms with Gasteiger partial charge in [-0.25, -0.2) is 0 Å². The van der Waals surface area contributed by atoms with E-state index in [1.807, 2.05) is 25.2 Å². The van der Waals surface area contributed by atoms with Crippen molar-refractivity contribution in [1.29, 1.82) is 0 Å². The van der Waals surface area contributed by atoms with Gasteiger partial charge in [0.15, 0.2) is 5.78 Å². The summed E-state index contributed by atoms with van der Waals surface area (Å²) in [7, 11) is 3.95. The highest BCUT2D eigenvalue weighted by Gasteiger charge is 2.31. The Bertz CT molecular complexity index is 271. The van der Waals surface area contributed by atoms with Crippen molar-refractivity contribution in [3.8, 4) is 0 Å². The van der Waals surface area contributed by atoms with Crippen molar-refractivity contribution in [2.24, 2.45) is 11.3 Å². The fraction of sp³-hybridized carbons (Fsp3) is 0.769. The maximum absolute atomic E-state index is 11.7. The van der Waals surface area contributed by atoms with Gasteiger partial charge in [0, 0.05) is 32.3 Å². The SMILES string of the molecule is CN(C)/C=C1/C[C@@H](C(C)(C)C)CCC1=O. The van der Waals surface area contributed by atoms with Crippen LogP contribution in [0.15, 0.2) is 11.8 Å². The topological polar surface area (TPSA) is 20.3 Å². The fourth-order valence-corrected chi connectivity index (χ4v) is 2.12. The second kappa shape index (κ2) is 4.38. The molecule has 15 heavy (non-hydrogen) atoms. The molecule has 1 fully saturated rings. The largest absolute Gasteiger partial charge is 0.383 e. The standard InChI is InChI=1S/C13H23NO/c1-13(2,3)11-6-7-12(15)10(8-11)9-14(4)5/h9,11H,6-8H2,1-5H3/b10-9-/t11-/m0/s1. The Kier molecular flexibility index (Phi) is 3.58. The molecular weight excluding hydrogens is 186 g/mol. The van der Waals surface area contributed by atoms with Gasteiger partial charge in [-0.3, -0.25) is 4.79 Å². The van der Waals surface area contributed by atoms with Crippen LogP contribution in [-0.4, -0.2) is 24.8 Å². The lowest BCUT2D eigenvalue weighted by Gasteiger charge is -2.34. The van der Waals surface area contributed by atoms with E-state index in [2.05, 4.69) is 20.8 Å². The van der Waals surface area contributed by atoms with E-state index in [0.29, 0.717) is 17.1 Å². The number of rotatable bonds is 1. The average Bonchev–Trinajstić information content (AvgIpc) is 2.06. The van der Waals surface area contributed by atoms with E-state index in [1.165, 1.54) is 0 Å². The number of Topliss-reactive ketones (excluding diaryl/α,β-unsaturated/α-hetero) is 1. The van der Waals surface area contributed by atoms with Gasteiger partial charge < -0.3 is 4.90 Å². The molecule has 0 bridgehead atoms. The molecule has 0 amide bonds. The van der Waals surface area contributed by atoms with Crippen molar-refractivity contribution < 1.29 is 4.79 Å². The van der Waals surface area contributed by atoms with Gasteiger partial charge in [-0.15, -0.1) is 0 Å². The van der Waals surface area contributed by atoms with Gasteiger partial charge in [0.25, 0.3) is 0 Å². The molecule has 2 heteroatoms. The maximum Gasteiger partial charge on any atom is 0.160 e. The van der Waals surface area contributed by atoms with Crippen LogP contribution < -0.4 is 0 Å². The summed E-state index contributed by atoms with van der Waals surface area (Å²) >= 11 is 0. The Labute approximate surface area is 93.3 Å². The van der Waals surface area contributed by atoms with Crippen LogP contribution in [-0.2, 0) is 4.79 Å². The first-order chi connectivity index (χ1) is 6.80. The van der Waals surface area contributed by atoms with Gasteiger partial charge in [0.05, 0.1) is 0 Å². The third-order valence-electron chi connectivity index (χ3n) is 3.18. The summed E-state index contributed by atoms with van der Waals surface area (Å²) in [6, 6.07) is 0. The summed E-state index contributed by atoms with van der Waals surface area (Å²) in [6.07, 6.45) is 4.70. The Morgan fingerprint density at radius 1 is 1.33 bits per heavy atom. The normalized spacial score (nSPS) is 25.8. The third kappa shape index (κ3) is 3.37. The number of hydrogen-bond acceptors (Lipinski definition) is 2. The second-order valence-corrected chi connectivity index (χ2v) is 5.85. The smallest absolute Gasteiger partial charge is 0.160 e. The van der Waals surface area contributed by atoms with Crippen LogP contribution in [0.2, 0.25) is 0 Å². The van der Waals surface area contributed by atoms with E-state index in [9.17, 15) is 4.79 Å². The summed E-state index contributed by atoms with van der Waals surface area (Å²) in [5.41, 5.74) is 1.32. The van der Waals surface area contributed by atoms with Crippen molar-refractivity contribution in [2.45, 2.75) is 40.0 Å². The van der Waals surface area contributed by atoms with E-state index >= 15 is 0 Å². The number of carbonyl (C=O) groups excluding carboxylic acids is 1. The van der Waals surface area contributed by atoms with Crippen LogP contribution in [0.25, 0.3) is 0 Å². The molecule has 0 radical (unpaired) electrons. The molecule has 0 spiro atoms. The van der Waals surface area contributed by atoms with Crippen molar-refractivity contribution in [3.05, 3.63) is 11.8 Å². The molecule has 1 aliphatic carbocycles. The van der Waals surface area contributed by atoms with E-state index in [0.717, 1.165) is 24.8 Å². The first-order valence-corrected chi connectivity index (χ1v) is 5.71. The summed E-state index contributed by atoms with van der Waals surface area (Å²) in [4.78, 5) is 13.7. The Hall–Kier alpha value is -0.790. The zero-order chi connectivity index (χ0) is 11.6. The average molecular weight is 209 g/mol. The van der Waals surface area contributed by atoms with Crippen LogP contribution in [0, 0.1) is 11.3 Å². The van der Waals surface area contributed by atoms with Crippen molar-refractivity contribution in [2.75, 3.05) is 14.1 Å². The summed E-state index contributed by atoms with van der Waals surface area (Å²) in [5, 5.41) is 0. The fourth-order valence-electron chi connectivity index (χ4n) is 2.12. The first kappa shape index (κ1) is 12.3. The monoisotopic (exact) mass is 209 g/mol. The van der Waals surface area contributed by atoms with Crippen LogP contribution in [0.4, 0.5) is 0 Å². The number of hydrogen-bond donors (Lipinski definition) is 0. The minimum Gasteiger partial charge on any atom is -0.383 e. The van der Waals surface area contributed by atoms with Gasteiger partial charge in [0.2, 0.25) is 0 Å². The van der Waals surface area contributed by atoms with Gasteiger partial charge in [0.1, 0.15) is 0 Å². The molecule has 0 N–H and O–H groups in total. The lowest BCUT2D eigenvalue weighted by atomic mass is 9.71. The number of carbonyl (C=O) groups is 1. The molecule has 0 saturated heterocycles. The Morgan fingerprint density at radius 3 is 2.40 bits per heavy atom. The molecular formula is C13H23NO. The lowest BCUT2D eigenvalue weighted by molar-refractivity contribution is -0.117. The highest BCUT2D eigenvalue weighted by atomic mass is 16.1.